The highest BCUT2D eigenvalue weighted by Crippen LogP contribution is 2.28. The maximum absolute atomic E-state index is 12.9. The fraction of sp³-hybridized carbons (Fsp3) is 0.316. The molecular formula is C19H21Cl3N2O4S. The fourth-order valence-electron chi connectivity index (χ4n) is 2.51. The second-order valence-electron chi connectivity index (χ2n) is 5.97. The van der Waals surface area contributed by atoms with Crippen LogP contribution in [0.1, 0.15) is 19.4 Å². The van der Waals surface area contributed by atoms with Gasteiger partial charge in [-0.15, -0.1) is 0 Å². The molecule has 29 heavy (non-hydrogen) atoms. The molecule has 0 aliphatic rings. The van der Waals surface area contributed by atoms with Crippen molar-refractivity contribution < 1.29 is 17.9 Å². The van der Waals surface area contributed by atoms with E-state index in [0.29, 0.717) is 28.0 Å². The minimum atomic E-state index is -3.91. The summed E-state index contributed by atoms with van der Waals surface area (Å²) in [6.07, 6.45) is 0. The number of carbonyl (C=O) groups excluding carboxylic acids is 1. The molecule has 0 saturated carbocycles. The van der Waals surface area contributed by atoms with Gasteiger partial charge < -0.3 is 10.1 Å². The molecule has 2 aromatic carbocycles. The smallest absolute Gasteiger partial charge is 0.243 e. The Morgan fingerprint density at radius 3 is 2.38 bits per heavy atom. The van der Waals surface area contributed by atoms with Crippen LogP contribution in [0.2, 0.25) is 15.1 Å². The van der Waals surface area contributed by atoms with Gasteiger partial charge in [0.2, 0.25) is 15.9 Å². The largest absolute Gasteiger partial charge is 0.492 e. The Morgan fingerprint density at radius 2 is 1.79 bits per heavy atom. The fourth-order valence-corrected chi connectivity index (χ4v) is 4.71. The van der Waals surface area contributed by atoms with Gasteiger partial charge >= 0.3 is 0 Å². The number of halogens is 3. The van der Waals surface area contributed by atoms with Crippen LogP contribution >= 0.6 is 34.8 Å². The average molecular weight is 480 g/mol. The highest BCUT2D eigenvalue weighted by Gasteiger charge is 2.26. The Labute approximate surface area is 185 Å². The maximum Gasteiger partial charge on any atom is 0.243 e. The molecule has 0 fully saturated rings. The molecule has 0 heterocycles. The highest BCUT2D eigenvalue weighted by atomic mass is 35.5. The molecule has 0 atom stereocenters. The summed E-state index contributed by atoms with van der Waals surface area (Å²) in [7, 11) is -3.91. The first-order chi connectivity index (χ1) is 13.7. The Kier molecular flexibility index (Phi) is 8.60. The summed E-state index contributed by atoms with van der Waals surface area (Å²) in [6.45, 7) is 3.79. The molecule has 10 heteroatoms. The topological polar surface area (TPSA) is 75.7 Å². The number of amides is 1. The van der Waals surface area contributed by atoms with E-state index in [9.17, 15) is 13.2 Å². The van der Waals surface area contributed by atoms with Crippen LogP contribution in [0.25, 0.3) is 0 Å². The van der Waals surface area contributed by atoms with E-state index in [1.165, 1.54) is 18.2 Å². The maximum atomic E-state index is 12.9. The third-order valence-electron chi connectivity index (χ3n) is 4.00. The monoisotopic (exact) mass is 478 g/mol. The molecule has 0 bridgehead atoms. The van der Waals surface area contributed by atoms with Crippen LogP contribution in [-0.4, -0.2) is 38.3 Å². The van der Waals surface area contributed by atoms with Gasteiger partial charge in [0.15, 0.2) is 0 Å². The van der Waals surface area contributed by atoms with Crippen molar-refractivity contribution in [3.63, 3.8) is 0 Å². The first kappa shape index (κ1) is 23.8. The summed E-state index contributed by atoms with van der Waals surface area (Å²) in [5.74, 6) is -0.0628. The lowest BCUT2D eigenvalue weighted by Crippen LogP contribution is -2.40. The van der Waals surface area contributed by atoms with Gasteiger partial charge in [0, 0.05) is 23.1 Å². The first-order valence-electron chi connectivity index (χ1n) is 8.82. The standard InChI is InChI=1S/C19H21Cl3N2O4S/c1-3-24(12-19(25)23-11-13-5-6-14(20)9-16(13)21)29(26,27)15-7-8-18(28-4-2)17(22)10-15/h5-10H,3-4,11-12H2,1-2H3,(H,23,25). The van der Waals surface area contributed by atoms with E-state index in [1.54, 1.807) is 32.0 Å². The molecule has 1 amide bonds. The van der Waals surface area contributed by atoms with E-state index in [0.717, 1.165) is 4.31 Å². The summed E-state index contributed by atoms with van der Waals surface area (Å²) >= 11 is 18.0. The van der Waals surface area contributed by atoms with E-state index in [-0.39, 0.29) is 29.6 Å². The summed E-state index contributed by atoms with van der Waals surface area (Å²) in [5, 5.41) is 3.76. The third-order valence-corrected chi connectivity index (χ3v) is 6.80. The molecule has 1 N–H and O–H groups in total. The lowest BCUT2D eigenvalue weighted by atomic mass is 10.2. The number of rotatable bonds is 9. The third kappa shape index (κ3) is 6.23. The van der Waals surface area contributed by atoms with Crippen LogP contribution in [-0.2, 0) is 21.4 Å². The summed E-state index contributed by atoms with van der Waals surface area (Å²) in [4.78, 5) is 12.3. The Balaban J connectivity index is 2.09. The SMILES string of the molecule is CCOc1ccc(S(=O)(=O)N(CC)CC(=O)NCc2ccc(Cl)cc2Cl)cc1Cl. The number of hydrogen-bond donors (Lipinski definition) is 1. The Hall–Kier alpha value is -1.51. The van der Waals surface area contributed by atoms with E-state index in [2.05, 4.69) is 5.32 Å². The molecule has 0 aliphatic heterocycles. The van der Waals surface area contributed by atoms with Crippen molar-refractivity contribution in [2.45, 2.75) is 25.3 Å². The highest BCUT2D eigenvalue weighted by molar-refractivity contribution is 7.89. The molecule has 0 saturated heterocycles. The lowest BCUT2D eigenvalue weighted by molar-refractivity contribution is -0.121. The minimum absolute atomic E-state index is 0.0126. The van der Waals surface area contributed by atoms with Gasteiger partial charge in [0.05, 0.1) is 23.1 Å². The van der Waals surface area contributed by atoms with Crippen molar-refractivity contribution >= 4 is 50.7 Å². The van der Waals surface area contributed by atoms with Crippen molar-refractivity contribution in [1.29, 1.82) is 0 Å². The van der Waals surface area contributed by atoms with Gasteiger partial charge in [-0.25, -0.2) is 8.42 Å². The van der Waals surface area contributed by atoms with Crippen LogP contribution in [0, 0.1) is 0 Å². The Morgan fingerprint density at radius 1 is 1.07 bits per heavy atom. The molecule has 0 unspecified atom stereocenters. The van der Waals surface area contributed by atoms with Gasteiger partial charge in [0.25, 0.3) is 0 Å². The van der Waals surface area contributed by atoms with Gasteiger partial charge in [0.1, 0.15) is 5.75 Å². The molecule has 6 nitrogen and oxygen atoms in total. The normalized spacial score (nSPS) is 11.5. The Bertz CT molecular complexity index is 983. The molecule has 0 aliphatic carbocycles. The number of hydrogen-bond acceptors (Lipinski definition) is 4. The number of carbonyl (C=O) groups is 1. The molecule has 2 rings (SSSR count). The molecule has 0 aromatic heterocycles. The summed E-state index contributed by atoms with van der Waals surface area (Å²) in [6, 6.07) is 9.14. The quantitative estimate of drug-likeness (QED) is 0.579. The second-order valence-corrected chi connectivity index (χ2v) is 9.16. The predicted molar refractivity (Wildman–Crippen MR) is 115 cm³/mol. The predicted octanol–water partition coefficient (Wildman–Crippen LogP) is 4.37. The number of nitrogens with one attached hydrogen (secondary N) is 1. The van der Waals surface area contributed by atoms with Gasteiger partial charge in [-0.05, 0) is 42.8 Å². The lowest BCUT2D eigenvalue weighted by Gasteiger charge is -2.20. The van der Waals surface area contributed by atoms with E-state index < -0.39 is 15.9 Å². The molecular weight excluding hydrogens is 459 g/mol. The van der Waals surface area contributed by atoms with Crippen molar-refractivity contribution in [2.24, 2.45) is 0 Å². The van der Waals surface area contributed by atoms with E-state index in [4.69, 9.17) is 39.5 Å². The van der Waals surface area contributed by atoms with Crippen LogP contribution in [0.15, 0.2) is 41.3 Å². The van der Waals surface area contributed by atoms with Crippen molar-refractivity contribution in [3.05, 3.63) is 57.0 Å². The van der Waals surface area contributed by atoms with Crippen LogP contribution in [0.5, 0.6) is 5.75 Å². The number of ether oxygens (including phenoxy) is 1. The number of likely N-dealkylation sites (N-methyl/N-ethyl adjacent to an activating group) is 1. The van der Waals surface area contributed by atoms with Crippen molar-refractivity contribution in [2.75, 3.05) is 19.7 Å². The number of sulfonamides is 1. The van der Waals surface area contributed by atoms with Crippen molar-refractivity contribution in [3.8, 4) is 5.75 Å². The zero-order valence-electron chi connectivity index (χ0n) is 15.9. The number of benzene rings is 2. The molecule has 0 spiro atoms. The zero-order chi connectivity index (χ0) is 21.6. The van der Waals surface area contributed by atoms with Crippen LogP contribution < -0.4 is 10.1 Å². The van der Waals surface area contributed by atoms with Gasteiger partial charge in [-0.3, -0.25) is 4.79 Å². The second kappa shape index (κ2) is 10.5. The van der Waals surface area contributed by atoms with Crippen molar-refractivity contribution in [1.82, 2.24) is 9.62 Å². The van der Waals surface area contributed by atoms with E-state index >= 15 is 0 Å². The first-order valence-corrected chi connectivity index (χ1v) is 11.4. The molecule has 0 radical (unpaired) electrons. The number of nitrogens with zero attached hydrogens (tertiary/aromatic N) is 1. The molecule has 2 aromatic rings. The van der Waals surface area contributed by atoms with Gasteiger partial charge in [-0.2, -0.15) is 4.31 Å². The van der Waals surface area contributed by atoms with Crippen LogP contribution in [0.3, 0.4) is 0 Å². The van der Waals surface area contributed by atoms with Crippen LogP contribution in [0.4, 0.5) is 0 Å². The minimum Gasteiger partial charge on any atom is -0.492 e. The van der Waals surface area contributed by atoms with Gasteiger partial charge in [-0.1, -0.05) is 47.8 Å². The zero-order valence-corrected chi connectivity index (χ0v) is 19.0. The summed E-state index contributed by atoms with van der Waals surface area (Å²) in [5.41, 5.74) is 0.675. The molecule has 158 valence electrons. The summed E-state index contributed by atoms with van der Waals surface area (Å²) < 4.78 is 32.2. The van der Waals surface area contributed by atoms with E-state index in [1.807, 2.05) is 0 Å². The average Bonchev–Trinajstić information content (AvgIpc) is 2.66.